The number of hydrogen-bond donors (Lipinski definition) is 11. The third-order valence-electron chi connectivity index (χ3n) is 9.70. The van der Waals surface area contributed by atoms with Crippen LogP contribution in [0.5, 0.6) is 0 Å². The Morgan fingerprint density at radius 3 is 0.847 bits per heavy atom. The van der Waals surface area contributed by atoms with Gasteiger partial charge in [-0.1, -0.05) is 0 Å². The number of likely N-dealkylation sites (N-methyl/N-ethyl adjacent to an activating group) is 5. The van der Waals surface area contributed by atoms with Gasteiger partial charge in [-0.05, 0) is 41.5 Å². The van der Waals surface area contributed by atoms with E-state index < -0.39 is 24.4 Å². The second-order valence-electron chi connectivity index (χ2n) is 17.9. The predicted molar refractivity (Wildman–Crippen MR) is 235 cm³/mol. The highest BCUT2D eigenvalue weighted by Gasteiger charge is 2.27. The quantitative estimate of drug-likeness (QED) is 0.0255. The number of rotatable bonds is 30. The minimum absolute atomic E-state index is 0.0865. The lowest BCUT2D eigenvalue weighted by molar-refractivity contribution is -0.917. The smallest absolute Gasteiger partial charge is 0.105 e. The van der Waals surface area contributed by atoms with Gasteiger partial charge in [0.1, 0.15) is 96.4 Å². The van der Waals surface area contributed by atoms with E-state index in [1.165, 1.54) is 0 Å². The molecule has 0 fully saturated rings. The van der Waals surface area contributed by atoms with E-state index >= 15 is 0 Å². The highest BCUT2D eigenvalue weighted by molar-refractivity contribution is 4.54. The summed E-state index contributed by atoms with van der Waals surface area (Å²) in [6.07, 6.45) is -1.65. The van der Waals surface area contributed by atoms with E-state index in [0.29, 0.717) is 85.6 Å². The Morgan fingerprint density at radius 1 is 0.339 bits per heavy atom. The van der Waals surface area contributed by atoms with E-state index in [-0.39, 0.29) is 46.2 Å². The first kappa shape index (κ1) is 67.4. The molecular weight excluding hydrogens is 770 g/mol. The number of aliphatic hydroxyl groups is 11. The number of quaternary nitrogens is 5. The van der Waals surface area contributed by atoms with Gasteiger partial charge in [-0.25, -0.2) is 0 Å². The first-order valence-electron chi connectivity index (χ1n) is 21.5. The summed E-state index contributed by atoms with van der Waals surface area (Å²) in [5, 5.41) is 97.6. The van der Waals surface area contributed by atoms with Gasteiger partial charge in [-0.3, -0.25) is 0 Å². The van der Waals surface area contributed by atoms with Gasteiger partial charge in [0.2, 0.25) is 0 Å². The Kier molecular flexibility index (Phi) is 45.8. The van der Waals surface area contributed by atoms with Crippen molar-refractivity contribution in [3.8, 4) is 0 Å². The Labute approximate surface area is 360 Å². The fraction of sp³-hybridized carbons (Fsp3) is 1.00. The van der Waals surface area contributed by atoms with Crippen LogP contribution in [0.15, 0.2) is 0 Å². The van der Waals surface area contributed by atoms with Gasteiger partial charge in [0, 0.05) is 0 Å². The van der Waals surface area contributed by atoms with Gasteiger partial charge >= 0.3 is 0 Å². The summed E-state index contributed by atoms with van der Waals surface area (Å²) in [4.78, 5) is 0. The molecule has 0 aromatic rings. The van der Waals surface area contributed by atoms with Crippen LogP contribution in [0.1, 0.15) is 41.5 Å². The molecule has 0 aliphatic carbocycles. The van der Waals surface area contributed by atoms with Crippen LogP contribution < -0.4 is 0 Å². The Hall–Kier alpha value is -0.720. The lowest BCUT2D eigenvalue weighted by Gasteiger charge is -2.37. The van der Waals surface area contributed by atoms with Crippen molar-refractivity contribution in [3.05, 3.63) is 0 Å². The zero-order chi connectivity index (χ0) is 47.2. The fourth-order valence-corrected chi connectivity index (χ4v) is 6.11. The van der Waals surface area contributed by atoms with Crippen molar-refractivity contribution in [3.63, 3.8) is 0 Å². The van der Waals surface area contributed by atoms with Crippen LogP contribution in [-0.4, -0.2) is 310 Å². The van der Waals surface area contributed by atoms with Crippen molar-refractivity contribution < 1.29 is 88.1 Å². The molecule has 0 radical (unpaired) electrons. The van der Waals surface area contributed by atoms with Crippen molar-refractivity contribution >= 4 is 0 Å². The summed E-state index contributed by atoms with van der Waals surface area (Å²) in [5.41, 5.74) is 0. The van der Waals surface area contributed by atoms with E-state index in [4.69, 9.17) is 50.3 Å². The van der Waals surface area contributed by atoms with E-state index in [2.05, 4.69) is 42.0 Å². The maximum atomic E-state index is 9.33. The summed E-state index contributed by atoms with van der Waals surface area (Å²) in [6.45, 7) is 23.8. The normalized spacial score (nSPS) is 15.1. The van der Waals surface area contributed by atoms with Gasteiger partial charge in [-0.15, -0.1) is 0 Å². The van der Waals surface area contributed by atoms with Gasteiger partial charge < -0.3 is 88.1 Å². The Bertz CT molecular complexity index is 817. The van der Waals surface area contributed by atoms with Crippen LogP contribution in [0.4, 0.5) is 0 Å². The van der Waals surface area contributed by atoms with Crippen LogP contribution in [-0.2, 0) is 9.47 Å². The number of ether oxygens (including phenoxy) is 2. The Morgan fingerprint density at radius 2 is 0.610 bits per heavy atom. The van der Waals surface area contributed by atoms with Crippen LogP contribution in [0.2, 0.25) is 0 Å². The molecule has 0 heterocycles. The zero-order valence-electron chi connectivity index (χ0n) is 40.3. The largest absolute Gasteiger partial charge is 0.394 e. The maximum Gasteiger partial charge on any atom is 0.105 e. The molecule has 18 heteroatoms. The van der Waals surface area contributed by atoms with Crippen molar-refractivity contribution in [2.75, 3.05) is 207 Å². The topological polar surface area (TPSA) is 241 Å². The number of aliphatic hydroxyl groups excluding tert-OH is 11. The molecule has 0 spiro atoms. The first-order valence-corrected chi connectivity index (χ1v) is 21.5. The molecule has 364 valence electrons. The highest BCUT2D eigenvalue weighted by Crippen LogP contribution is 2.08. The Balaban J connectivity index is -0.000000207. The van der Waals surface area contributed by atoms with Crippen LogP contribution >= 0.6 is 0 Å². The molecule has 0 aliphatic rings. The van der Waals surface area contributed by atoms with Crippen LogP contribution in [0.3, 0.4) is 0 Å². The second-order valence-corrected chi connectivity index (χ2v) is 17.9. The first-order chi connectivity index (χ1) is 27.2. The average Bonchev–Trinajstić information content (AvgIpc) is 3.08. The van der Waals surface area contributed by atoms with Crippen LogP contribution in [0, 0.1) is 0 Å². The molecule has 0 aromatic carbocycles. The summed E-state index contributed by atoms with van der Waals surface area (Å²) in [6, 6.07) is 0. The average molecular weight is 873 g/mol. The maximum absolute atomic E-state index is 9.33. The molecule has 0 aliphatic heterocycles. The van der Waals surface area contributed by atoms with Gasteiger partial charge in [-0.2, -0.15) is 0 Å². The molecule has 0 saturated carbocycles. The third kappa shape index (κ3) is 49.8. The molecule has 0 bridgehead atoms. The third-order valence-corrected chi connectivity index (χ3v) is 9.70. The lowest BCUT2D eigenvalue weighted by Crippen LogP contribution is -2.54. The fourth-order valence-electron chi connectivity index (χ4n) is 6.11. The summed E-state index contributed by atoms with van der Waals surface area (Å²) in [7, 11) is 14.3. The molecule has 59 heavy (non-hydrogen) atoms. The van der Waals surface area contributed by atoms with Crippen molar-refractivity contribution in [1.29, 1.82) is 0 Å². The van der Waals surface area contributed by atoms with Gasteiger partial charge in [0.05, 0.1) is 135 Å². The van der Waals surface area contributed by atoms with Gasteiger partial charge in [0.25, 0.3) is 0 Å². The molecular formula is C41H102N5O13+5. The van der Waals surface area contributed by atoms with E-state index in [1.807, 2.05) is 21.1 Å². The molecule has 0 amide bonds. The number of hydrogen-bond acceptors (Lipinski definition) is 13. The highest BCUT2D eigenvalue weighted by atomic mass is 16.5. The number of nitrogens with zero attached hydrogens (tertiary/aromatic N) is 5. The summed E-state index contributed by atoms with van der Waals surface area (Å²) < 4.78 is 13.8. The van der Waals surface area contributed by atoms with Crippen molar-refractivity contribution in [2.24, 2.45) is 0 Å². The lowest BCUT2D eigenvalue weighted by atomic mass is 10.2. The van der Waals surface area contributed by atoms with Crippen LogP contribution in [0.25, 0.3) is 0 Å². The molecule has 0 aromatic heterocycles. The standard InChI is InChI=1S/C10H24NO3.C9H22NO2.C8H20NO3.C7H18NO3.C7H18NO2/c1-8(12)5-11(4,6-9(2)13)7-10(3)14;1-4-10(3,5-2)6-8-12-9-7-11;1-8(12)7-9(2,3-5-10)4-6-11;1-8(2-5-9,3-6-10)4-7-11;1-8(2,3)4-6-10-7-5-9/h8-10,12-14H,5-7H2,1-4H3;11H,4-9H2,1-3H3;8,10-12H,3-7H2,1-2H3;9-11H,2-7H2,1H3;9H,4-7H2,1-3H3/q5*+1. The van der Waals surface area contributed by atoms with E-state index in [9.17, 15) is 15.3 Å². The SMILES string of the molecule is CC(O)C[N+](C)(CC(C)O)CC(C)O.CC(O)C[N+](C)(CCO)CCO.CC[N+](C)(CC)CCOCCO.C[N+](C)(C)CCOCCO.C[N+](CCO)(CCO)CCO. The minimum atomic E-state index is -0.419. The molecule has 18 nitrogen and oxygen atoms in total. The van der Waals surface area contributed by atoms with E-state index in [1.54, 1.807) is 27.7 Å². The predicted octanol–water partition coefficient (Wildman–Crippen LogP) is -3.03. The molecule has 4 atom stereocenters. The molecule has 11 N–H and O–H groups in total. The molecule has 0 saturated heterocycles. The van der Waals surface area contributed by atoms with Crippen molar-refractivity contribution in [2.45, 2.75) is 66.0 Å². The van der Waals surface area contributed by atoms with Crippen molar-refractivity contribution in [1.82, 2.24) is 0 Å². The summed E-state index contributed by atoms with van der Waals surface area (Å²) >= 11 is 0. The van der Waals surface area contributed by atoms with Gasteiger partial charge in [0.15, 0.2) is 0 Å². The minimum Gasteiger partial charge on any atom is -0.394 e. The molecule has 0 rings (SSSR count). The van der Waals surface area contributed by atoms with E-state index in [0.717, 1.165) is 48.4 Å². The zero-order valence-corrected chi connectivity index (χ0v) is 40.3. The summed E-state index contributed by atoms with van der Waals surface area (Å²) in [5.74, 6) is 0. The second kappa shape index (κ2) is 40.1. The monoisotopic (exact) mass is 873 g/mol. The molecule has 4 unspecified atom stereocenters.